The van der Waals surface area contributed by atoms with Gasteiger partial charge in [-0.1, -0.05) is 24.3 Å². The molecule has 0 fully saturated rings. The van der Waals surface area contributed by atoms with Crippen molar-refractivity contribution in [3.8, 4) is 0 Å². The van der Waals surface area contributed by atoms with Crippen LogP contribution in [0.15, 0.2) is 30.3 Å². The lowest BCUT2D eigenvalue weighted by Crippen LogP contribution is -2.42. The monoisotopic (exact) mass is 270 g/mol. The molecule has 2 heteroatoms. The van der Waals surface area contributed by atoms with Crippen LogP contribution in [0, 0.1) is 0 Å². The molecule has 0 atom stereocenters. The fourth-order valence-electron chi connectivity index (χ4n) is 3.13. The second kappa shape index (κ2) is 5.19. The van der Waals surface area contributed by atoms with Gasteiger partial charge in [-0.2, -0.15) is 0 Å². The minimum Gasteiger partial charge on any atom is -0.372 e. The van der Waals surface area contributed by atoms with Crippen LogP contribution in [0.25, 0.3) is 10.8 Å². The van der Waals surface area contributed by atoms with Crippen LogP contribution >= 0.6 is 0 Å². The van der Waals surface area contributed by atoms with E-state index in [1.54, 1.807) is 0 Å². The SMILES string of the molecule is CC[N+](C)(CC)Cc1cc2ccccc2c2c1COC2. The minimum absolute atomic E-state index is 0.769. The Morgan fingerprint density at radius 3 is 2.50 bits per heavy atom. The van der Waals surface area contributed by atoms with Crippen molar-refractivity contribution in [2.45, 2.75) is 33.6 Å². The first-order valence-electron chi connectivity index (χ1n) is 7.60. The van der Waals surface area contributed by atoms with E-state index in [-0.39, 0.29) is 0 Å². The summed E-state index contributed by atoms with van der Waals surface area (Å²) >= 11 is 0. The fraction of sp³-hybridized carbons (Fsp3) is 0.444. The predicted molar refractivity (Wildman–Crippen MR) is 83.4 cm³/mol. The number of rotatable bonds is 4. The van der Waals surface area contributed by atoms with Crippen LogP contribution in [-0.4, -0.2) is 24.6 Å². The van der Waals surface area contributed by atoms with Crippen molar-refractivity contribution in [1.29, 1.82) is 0 Å². The summed E-state index contributed by atoms with van der Waals surface area (Å²) in [5, 5.41) is 2.72. The van der Waals surface area contributed by atoms with Crippen LogP contribution < -0.4 is 0 Å². The summed E-state index contributed by atoms with van der Waals surface area (Å²) in [6, 6.07) is 11.1. The lowest BCUT2D eigenvalue weighted by atomic mass is 9.95. The van der Waals surface area contributed by atoms with Crippen molar-refractivity contribution in [3.63, 3.8) is 0 Å². The maximum absolute atomic E-state index is 5.74. The molecule has 20 heavy (non-hydrogen) atoms. The summed E-state index contributed by atoms with van der Waals surface area (Å²) in [5.41, 5.74) is 4.33. The molecule has 1 aliphatic rings. The van der Waals surface area contributed by atoms with Gasteiger partial charge in [0.2, 0.25) is 0 Å². The van der Waals surface area contributed by atoms with Gasteiger partial charge in [0, 0.05) is 5.56 Å². The van der Waals surface area contributed by atoms with E-state index in [9.17, 15) is 0 Å². The Balaban J connectivity index is 2.12. The Hall–Kier alpha value is -1.38. The lowest BCUT2D eigenvalue weighted by molar-refractivity contribution is -0.919. The fourth-order valence-corrected chi connectivity index (χ4v) is 3.13. The molecule has 1 aliphatic heterocycles. The van der Waals surface area contributed by atoms with Gasteiger partial charge in [0.15, 0.2) is 0 Å². The van der Waals surface area contributed by atoms with Gasteiger partial charge in [0.05, 0.1) is 33.4 Å². The highest BCUT2D eigenvalue weighted by Crippen LogP contribution is 2.33. The van der Waals surface area contributed by atoms with Crippen LogP contribution in [0.3, 0.4) is 0 Å². The van der Waals surface area contributed by atoms with E-state index in [0.29, 0.717) is 0 Å². The Labute approximate surface area is 121 Å². The highest BCUT2D eigenvalue weighted by atomic mass is 16.5. The molecule has 0 aliphatic carbocycles. The number of hydrogen-bond acceptors (Lipinski definition) is 1. The molecule has 0 amide bonds. The van der Waals surface area contributed by atoms with E-state index in [0.717, 1.165) is 24.2 Å². The standard InChI is InChI=1S/C18H24NO/c1-4-19(3,5-2)11-15-10-14-8-6-7-9-16(14)18-13-20-12-17(15)18/h6-10H,4-5,11-13H2,1-3H3/q+1. The molecular formula is C18H24NO+. The van der Waals surface area contributed by atoms with Crippen LogP contribution in [0.1, 0.15) is 30.5 Å². The molecular weight excluding hydrogens is 246 g/mol. The van der Waals surface area contributed by atoms with Gasteiger partial charge in [-0.05, 0) is 41.8 Å². The molecule has 2 aromatic carbocycles. The van der Waals surface area contributed by atoms with E-state index >= 15 is 0 Å². The van der Waals surface area contributed by atoms with Crippen LogP contribution in [-0.2, 0) is 24.5 Å². The average Bonchev–Trinajstić information content (AvgIpc) is 2.97. The van der Waals surface area contributed by atoms with Gasteiger partial charge < -0.3 is 9.22 Å². The van der Waals surface area contributed by atoms with E-state index in [4.69, 9.17) is 4.74 Å². The van der Waals surface area contributed by atoms with E-state index in [1.807, 2.05) is 0 Å². The van der Waals surface area contributed by atoms with Gasteiger partial charge >= 0.3 is 0 Å². The van der Waals surface area contributed by atoms with Gasteiger partial charge in [-0.3, -0.25) is 0 Å². The first-order chi connectivity index (χ1) is 9.67. The van der Waals surface area contributed by atoms with Crippen molar-refractivity contribution in [3.05, 3.63) is 47.0 Å². The van der Waals surface area contributed by atoms with Crippen LogP contribution in [0.2, 0.25) is 0 Å². The smallest absolute Gasteiger partial charge is 0.105 e. The van der Waals surface area contributed by atoms with Crippen LogP contribution in [0.5, 0.6) is 0 Å². The zero-order valence-corrected chi connectivity index (χ0v) is 12.8. The molecule has 0 saturated carbocycles. The largest absolute Gasteiger partial charge is 0.372 e. The quantitative estimate of drug-likeness (QED) is 0.767. The zero-order valence-electron chi connectivity index (χ0n) is 12.8. The molecule has 0 saturated heterocycles. The zero-order chi connectivity index (χ0) is 14.2. The van der Waals surface area contributed by atoms with Gasteiger partial charge in [0.25, 0.3) is 0 Å². The summed E-state index contributed by atoms with van der Waals surface area (Å²) < 4.78 is 6.83. The lowest BCUT2D eigenvalue weighted by Gasteiger charge is -2.33. The number of benzene rings is 2. The number of nitrogens with zero attached hydrogens (tertiary/aromatic N) is 1. The van der Waals surface area contributed by atoms with E-state index in [1.165, 1.54) is 40.6 Å². The second-order valence-corrected chi connectivity index (χ2v) is 6.12. The topological polar surface area (TPSA) is 9.23 Å². The van der Waals surface area contributed by atoms with Crippen molar-refractivity contribution in [1.82, 2.24) is 0 Å². The summed E-state index contributed by atoms with van der Waals surface area (Å²) in [4.78, 5) is 0. The van der Waals surface area contributed by atoms with Crippen molar-refractivity contribution in [2.75, 3.05) is 20.1 Å². The molecule has 0 unspecified atom stereocenters. The number of hydrogen-bond donors (Lipinski definition) is 0. The molecule has 2 aromatic rings. The molecule has 2 nitrogen and oxygen atoms in total. The third-order valence-corrected chi connectivity index (χ3v) is 4.94. The molecule has 0 spiro atoms. The summed E-state index contributed by atoms with van der Waals surface area (Å²) in [6.45, 7) is 9.54. The number of fused-ring (bicyclic) bond motifs is 3. The molecule has 0 N–H and O–H groups in total. The number of quaternary nitrogens is 1. The summed E-state index contributed by atoms with van der Waals surface area (Å²) in [7, 11) is 2.34. The average molecular weight is 270 g/mol. The normalized spacial score (nSPS) is 14.8. The maximum Gasteiger partial charge on any atom is 0.105 e. The third-order valence-electron chi connectivity index (χ3n) is 4.94. The summed E-state index contributed by atoms with van der Waals surface area (Å²) in [5.74, 6) is 0. The van der Waals surface area contributed by atoms with Crippen molar-refractivity contribution >= 4 is 10.8 Å². The van der Waals surface area contributed by atoms with Crippen molar-refractivity contribution in [2.24, 2.45) is 0 Å². The Morgan fingerprint density at radius 1 is 1.05 bits per heavy atom. The first-order valence-corrected chi connectivity index (χ1v) is 7.60. The minimum atomic E-state index is 0.769. The summed E-state index contributed by atoms with van der Waals surface area (Å²) in [6.07, 6.45) is 0. The van der Waals surface area contributed by atoms with Crippen LogP contribution in [0.4, 0.5) is 0 Å². The first kappa shape index (κ1) is 13.6. The Morgan fingerprint density at radius 2 is 1.75 bits per heavy atom. The molecule has 0 bridgehead atoms. The van der Waals surface area contributed by atoms with Gasteiger partial charge in [-0.15, -0.1) is 0 Å². The van der Waals surface area contributed by atoms with E-state index < -0.39 is 0 Å². The molecule has 106 valence electrons. The molecule has 0 aromatic heterocycles. The highest BCUT2D eigenvalue weighted by molar-refractivity contribution is 5.88. The highest BCUT2D eigenvalue weighted by Gasteiger charge is 2.24. The second-order valence-electron chi connectivity index (χ2n) is 6.12. The molecule has 1 heterocycles. The number of ether oxygens (including phenoxy) is 1. The Kier molecular flexibility index (Phi) is 3.53. The van der Waals surface area contributed by atoms with Gasteiger partial charge in [0.1, 0.15) is 6.54 Å². The molecule has 0 radical (unpaired) electrons. The molecule has 3 rings (SSSR count). The maximum atomic E-state index is 5.74. The third kappa shape index (κ3) is 2.23. The van der Waals surface area contributed by atoms with E-state index in [2.05, 4.69) is 51.2 Å². The van der Waals surface area contributed by atoms with Crippen molar-refractivity contribution < 1.29 is 9.22 Å². The predicted octanol–water partition coefficient (Wildman–Crippen LogP) is 3.86. The van der Waals surface area contributed by atoms with Gasteiger partial charge in [-0.25, -0.2) is 0 Å². The Bertz CT molecular complexity index is 629.